The van der Waals surface area contributed by atoms with Gasteiger partial charge in [-0.25, -0.2) is 0 Å². The van der Waals surface area contributed by atoms with E-state index in [0.717, 1.165) is 31.6 Å². The predicted octanol–water partition coefficient (Wildman–Crippen LogP) is 5.53. The van der Waals surface area contributed by atoms with E-state index in [9.17, 15) is 4.79 Å². The summed E-state index contributed by atoms with van der Waals surface area (Å²) in [5, 5.41) is 4.09. The zero-order chi connectivity index (χ0) is 18.8. The Hall–Kier alpha value is -2.04. The highest BCUT2D eigenvalue weighted by molar-refractivity contribution is 5.93. The van der Waals surface area contributed by atoms with Crippen LogP contribution in [-0.4, -0.2) is 28.0 Å². The summed E-state index contributed by atoms with van der Waals surface area (Å²) in [4.78, 5) is 15.7. The number of carbonyl (C=O) groups excluding carboxylic acids is 1. The monoisotopic (exact) mass is 370 g/mol. The summed E-state index contributed by atoms with van der Waals surface area (Å²) in [6.45, 7) is 4.66. The van der Waals surface area contributed by atoms with E-state index in [0.29, 0.717) is 35.2 Å². The van der Waals surface area contributed by atoms with Crippen LogP contribution in [0.5, 0.6) is 0 Å². The van der Waals surface area contributed by atoms with E-state index < -0.39 is 0 Å². The Bertz CT molecular complexity index is 745. The molecule has 146 valence electrons. The van der Waals surface area contributed by atoms with Crippen molar-refractivity contribution in [2.24, 2.45) is 11.8 Å². The third kappa shape index (κ3) is 3.83. The first-order valence-corrected chi connectivity index (χ1v) is 10.5. The predicted molar refractivity (Wildman–Crippen MR) is 103 cm³/mol. The van der Waals surface area contributed by atoms with Crippen LogP contribution < -0.4 is 0 Å². The third-order valence-corrected chi connectivity index (χ3v) is 6.66. The van der Waals surface area contributed by atoms with E-state index in [1.54, 1.807) is 18.4 Å². The zero-order valence-electron chi connectivity index (χ0n) is 16.4. The molecule has 0 N–H and O–H groups in total. The van der Waals surface area contributed by atoms with Gasteiger partial charge in [-0.1, -0.05) is 38.3 Å². The zero-order valence-corrected chi connectivity index (χ0v) is 16.4. The molecule has 2 fully saturated rings. The number of hydrogen-bond acceptors (Lipinski definition) is 4. The molecule has 27 heavy (non-hydrogen) atoms. The van der Waals surface area contributed by atoms with Crippen molar-refractivity contribution in [1.82, 2.24) is 10.1 Å². The minimum absolute atomic E-state index is 0.0233. The molecule has 2 aliphatic carbocycles. The molecule has 0 aliphatic heterocycles. The molecule has 5 heteroatoms. The Kier molecular flexibility index (Phi) is 5.37. The molecule has 0 spiro atoms. The second-order valence-corrected chi connectivity index (χ2v) is 8.48. The van der Waals surface area contributed by atoms with Gasteiger partial charge in [-0.05, 0) is 56.1 Å². The number of amides is 1. The molecular formula is C22H30N2O3. The van der Waals surface area contributed by atoms with Crippen molar-refractivity contribution >= 4 is 5.91 Å². The van der Waals surface area contributed by atoms with Crippen molar-refractivity contribution in [2.75, 3.05) is 0 Å². The lowest BCUT2D eigenvalue weighted by molar-refractivity contribution is 0.0349. The molecular weight excluding hydrogens is 340 g/mol. The molecule has 4 rings (SSSR count). The number of furan rings is 1. The largest absolute Gasteiger partial charge is 0.461 e. The van der Waals surface area contributed by atoms with Gasteiger partial charge < -0.3 is 13.8 Å². The maximum Gasteiger partial charge on any atom is 0.276 e. The first-order chi connectivity index (χ1) is 13.1. The summed E-state index contributed by atoms with van der Waals surface area (Å²) < 4.78 is 10.8. The van der Waals surface area contributed by atoms with Gasteiger partial charge >= 0.3 is 0 Å². The molecule has 1 amide bonds. The molecule has 2 aromatic heterocycles. The summed E-state index contributed by atoms with van der Waals surface area (Å²) >= 11 is 0. The van der Waals surface area contributed by atoms with Gasteiger partial charge in [0.2, 0.25) is 5.76 Å². The van der Waals surface area contributed by atoms with Crippen LogP contribution >= 0.6 is 0 Å². The van der Waals surface area contributed by atoms with Gasteiger partial charge in [-0.2, -0.15) is 0 Å². The fourth-order valence-electron chi connectivity index (χ4n) is 4.80. The Morgan fingerprint density at radius 2 is 1.85 bits per heavy atom. The fraction of sp³-hybridized carbons (Fsp3) is 0.636. The number of rotatable bonds is 4. The minimum Gasteiger partial charge on any atom is -0.461 e. The molecule has 0 saturated heterocycles. The van der Waals surface area contributed by atoms with Crippen LogP contribution in [0.15, 0.2) is 33.4 Å². The van der Waals surface area contributed by atoms with Gasteiger partial charge in [0.15, 0.2) is 11.5 Å². The molecule has 1 unspecified atom stereocenters. The van der Waals surface area contributed by atoms with Crippen LogP contribution in [0.4, 0.5) is 0 Å². The van der Waals surface area contributed by atoms with Gasteiger partial charge in [0.05, 0.1) is 6.26 Å². The summed E-state index contributed by atoms with van der Waals surface area (Å²) in [5.41, 5.74) is 0.401. The molecule has 2 aromatic rings. The van der Waals surface area contributed by atoms with Crippen LogP contribution in [0.1, 0.15) is 75.7 Å². The highest BCUT2D eigenvalue weighted by atomic mass is 16.5. The number of nitrogens with zero attached hydrogens (tertiary/aromatic N) is 2. The quantitative estimate of drug-likeness (QED) is 0.709. The molecule has 3 atom stereocenters. The van der Waals surface area contributed by atoms with E-state index in [4.69, 9.17) is 8.94 Å². The molecule has 0 aromatic carbocycles. The lowest BCUT2D eigenvalue weighted by Crippen LogP contribution is -2.50. The molecule has 2 heterocycles. The van der Waals surface area contributed by atoms with E-state index >= 15 is 0 Å². The number of carbonyl (C=O) groups is 1. The van der Waals surface area contributed by atoms with Crippen molar-refractivity contribution in [3.63, 3.8) is 0 Å². The Morgan fingerprint density at radius 1 is 1.04 bits per heavy atom. The molecule has 0 bridgehead atoms. The van der Waals surface area contributed by atoms with Crippen molar-refractivity contribution in [3.05, 3.63) is 30.2 Å². The van der Waals surface area contributed by atoms with Crippen LogP contribution in [-0.2, 0) is 0 Å². The van der Waals surface area contributed by atoms with Crippen molar-refractivity contribution in [2.45, 2.75) is 77.3 Å². The van der Waals surface area contributed by atoms with Crippen molar-refractivity contribution < 1.29 is 13.7 Å². The third-order valence-electron chi connectivity index (χ3n) is 6.66. The lowest BCUT2D eigenvalue weighted by Gasteiger charge is -2.44. The highest BCUT2D eigenvalue weighted by Gasteiger charge is 2.37. The van der Waals surface area contributed by atoms with Crippen molar-refractivity contribution in [3.8, 4) is 11.5 Å². The lowest BCUT2D eigenvalue weighted by atomic mass is 9.77. The van der Waals surface area contributed by atoms with E-state index in [-0.39, 0.29) is 5.91 Å². The van der Waals surface area contributed by atoms with Gasteiger partial charge in [-0.3, -0.25) is 4.79 Å². The first-order valence-electron chi connectivity index (χ1n) is 10.5. The summed E-state index contributed by atoms with van der Waals surface area (Å²) in [6, 6.07) is 6.00. The van der Waals surface area contributed by atoms with Crippen LogP contribution in [0.2, 0.25) is 0 Å². The van der Waals surface area contributed by atoms with Gasteiger partial charge in [0.25, 0.3) is 5.91 Å². The second kappa shape index (κ2) is 7.91. The topological polar surface area (TPSA) is 59.5 Å². The minimum atomic E-state index is 0.0233. The fourth-order valence-corrected chi connectivity index (χ4v) is 4.80. The average Bonchev–Trinajstić information content (AvgIpc) is 3.37. The van der Waals surface area contributed by atoms with Gasteiger partial charge in [0.1, 0.15) is 0 Å². The SMILES string of the molecule is C[C@@H]1CC(N(C(=O)c2cc(-c3ccco3)on2)C2CCCCC2)CC[C@@H]1C. The van der Waals surface area contributed by atoms with Gasteiger partial charge in [0, 0.05) is 18.2 Å². The van der Waals surface area contributed by atoms with Gasteiger partial charge in [-0.15, -0.1) is 0 Å². The average molecular weight is 370 g/mol. The molecule has 2 saturated carbocycles. The Balaban J connectivity index is 1.58. The Morgan fingerprint density at radius 3 is 2.56 bits per heavy atom. The normalized spacial score (nSPS) is 26.8. The van der Waals surface area contributed by atoms with Crippen LogP contribution in [0.25, 0.3) is 11.5 Å². The van der Waals surface area contributed by atoms with Crippen molar-refractivity contribution in [1.29, 1.82) is 0 Å². The van der Waals surface area contributed by atoms with E-state index in [2.05, 4.69) is 23.9 Å². The molecule has 5 nitrogen and oxygen atoms in total. The summed E-state index contributed by atoms with van der Waals surface area (Å²) in [7, 11) is 0. The summed E-state index contributed by atoms with van der Waals surface area (Å²) in [6.07, 6.45) is 10.9. The number of aromatic nitrogens is 1. The van der Waals surface area contributed by atoms with Crippen LogP contribution in [0.3, 0.4) is 0 Å². The smallest absolute Gasteiger partial charge is 0.276 e. The highest BCUT2D eigenvalue weighted by Crippen LogP contribution is 2.36. The second-order valence-electron chi connectivity index (χ2n) is 8.48. The van der Waals surface area contributed by atoms with E-state index in [1.165, 1.54) is 25.7 Å². The Labute approximate surface area is 161 Å². The first kappa shape index (κ1) is 18.3. The standard InChI is InChI=1S/C22H30N2O3/c1-15-10-11-18(13-16(15)2)24(17-7-4-3-5-8-17)22(25)19-14-21(27-23-19)20-9-6-12-26-20/h6,9,12,14-18H,3-5,7-8,10-11,13H2,1-2H3/t15-,16+,18?/m0/s1. The number of hydrogen-bond donors (Lipinski definition) is 0. The maximum absolute atomic E-state index is 13.5. The molecule has 0 radical (unpaired) electrons. The van der Waals surface area contributed by atoms with Crippen LogP contribution in [0, 0.1) is 11.8 Å². The summed E-state index contributed by atoms with van der Waals surface area (Å²) in [5.74, 6) is 2.53. The maximum atomic E-state index is 13.5. The molecule has 2 aliphatic rings. The van der Waals surface area contributed by atoms with E-state index in [1.807, 2.05) is 6.07 Å².